The summed E-state index contributed by atoms with van der Waals surface area (Å²) >= 11 is 0. The fourth-order valence-corrected chi connectivity index (χ4v) is 3.15. The Morgan fingerprint density at radius 3 is 3.04 bits per heavy atom. The quantitative estimate of drug-likeness (QED) is 0.860. The number of ether oxygens (including phenoxy) is 1. The molecule has 1 aliphatic heterocycles. The van der Waals surface area contributed by atoms with Crippen molar-refractivity contribution in [3.8, 4) is 5.75 Å². The topological polar surface area (TPSA) is 68.5 Å². The molecule has 2 heterocycles. The number of amides is 1. The summed E-state index contributed by atoms with van der Waals surface area (Å²) in [5.41, 5.74) is 0.540. The van der Waals surface area contributed by atoms with Gasteiger partial charge in [0, 0.05) is 12.1 Å². The second-order valence-electron chi connectivity index (χ2n) is 5.87. The third-order valence-electron chi connectivity index (χ3n) is 4.33. The Bertz CT molecular complexity index is 690. The lowest BCUT2D eigenvalue weighted by atomic mass is 10.1. The first kappa shape index (κ1) is 16.4. The molecule has 0 radical (unpaired) electrons. The van der Waals surface area contributed by atoms with Gasteiger partial charge in [-0.15, -0.1) is 0 Å². The van der Waals surface area contributed by atoms with E-state index < -0.39 is 0 Å². The molecule has 3 rings (SSSR count). The third kappa shape index (κ3) is 3.55. The van der Waals surface area contributed by atoms with E-state index in [1.54, 1.807) is 4.90 Å². The highest BCUT2D eigenvalue weighted by molar-refractivity contribution is 5.80. The predicted molar refractivity (Wildman–Crippen MR) is 83.9 cm³/mol. The van der Waals surface area contributed by atoms with Gasteiger partial charge in [-0.2, -0.15) is 4.98 Å². The molecule has 0 bridgehead atoms. The zero-order valence-corrected chi connectivity index (χ0v) is 13.6. The summed E-state index contributed by atoms with van der Waals surface area (Å²) in [6.07, 6.45) is 5.15. The van der Waals surface area contributed by atoms with Gasteiger partial charge in [0.25, 0.3) is 0 Å². The van der Waals surface area contributed by atoms with Crippen LogP contribution < -0.4 is 4.74 Å². The van der Waals surface area contributed by atoms with Crippen LogP contribution in [-0.2, 0) is 11.2 Å². The molecule has 1 aliphatic rings. The normalized spacial score (nSPS) is 18.2. The summed E-state index contributed by atoms with van der Waals surface area (Å²) in [6, 6.07) is 4.01. The van der Waals surface area contributed by atoms with Crippen molar-refractivity contribution in [2.24, 2.45) is 0 Å². The number of nitrogens with zero attached hydrogens (tertiary/aromatic N) is 3. The average Bonchev–Trinajstić information content (AvgIpc) is 2.99. The molecule has 128 valence electrons. The minimum atomic E-state index is -0.385. The van der Waals surface area contributed by atoms with Crippen LogP contribution in [0.4, 0.5) is 4.39 Å². The molecule has 24 heavy (non-hydrogen) atoms. The molecular weight excluding hydrogens is 313 g/mol. The maximum Gasteiger partial charge on any atom is 0.227 e. The highest BCUT2D eigenvalue weighted by atomic mass is 19.1. The molecule has 0 N–H and O–H groups in total. The first-order chi connectivity index (χ1) is 11.7. The molecule has 0 aliphatic carbocycles. The number of hydrogen-bond donors (Lipinski definition) is 0. The van der Waals surface area contributed by atoms with Crippen LogP contribution in [0.3, 0.4) is 0 Å². The van der Waals surface area contributed by atoms with Crippen molar-refractivity contribution in [3.63, 3.8) is 0 Å². The molecule has 6 nitrogen and oxygen atoms in total. The number of carbonyl (C=O) groups is 1. The molecular formula is C17H20FN3O3. The van der Waals surface area contributed by atoms with Crippen molar-refractivity contribution >= 4 is 5.91 Å². The molecule has 1 saturated heterocycles. The van der Waals surface area contributed by atoms with Crippen LogP contribution in [0.2, 0.25) is 0 Å². The Morgan fingerprint density at radius 1 is 1.42 bits per heavy atom. The maximum absolute atomic E-state index is 13.5. The van der Waals surface area contributed by atoms with E-state index in [0.717, 1.165) is 25.7 Å². The van der Waals surface area contributed by atoms with Gasteiger partial charge >= 0.3 is 0 Å². The molecule has 0 saturated carbocycles. The number of likely N-dealkylation sites (tertiary alicyclic amines) is 1. The van der Waals surface area contributed by atoms with Crippen molar-refractivity contribution in [1.82, 2.24) is 15.0 Å². The maximum atomic E-state index is 13.5. The van der Waals surface area contributed by atoms with Crippen LogP contribution in [0.25, 0.3) is 0 Å². The predicted octanol–water partition coefficient (Wildman–Crippen LogP) is 2.90. The fraction of sp³-hybridized carbons (Fsp3) is 0.471. The summed E-state index contributed by atoms with van der Waals surface area (Å²) in [6.45, 7) is 0.635. The van der Waals surface area contributed by atoms with E-state index in [0.29, 0.717) is 23.7 Å². The summed E-state index contributed by atoms with van der Waals surface area (Å²) < 4.78 is 23.6. The average molecular weight is 333 g/mol. The Kier molecular flexibility index (Phi) is 5.08. The zero-order chi connectivity index (χ0) is 16.9. The highest BCUT2D eigenvalue weighted by Crippen LogP contribution is 2.29. The largest absolute Gasteiger partial charge is 0.496 e. The fourth-order valence-electron chi connectivity index (χ4n) is 3.15. The number of halogens is 1. The van der Waals surface area contributed by atoms with Gasteiger partial charge in [0.1, 0.15) is 11.6 Å². The van der Waals surface area contributed by atoms with E-state index in [9.17, 15) is 9.18 Å². The van der Waals surface area contributed by atoms with Crippen molar-refractivity contribution in [2.45, 2.75) is 38.1 Å². The molecule has 7 heteroatoms. The van der Waals surface area contributed by atoms with Crippen molar-refractivity contribution in [3.05, 3.63) is 41.8 Å². The lowest BCUT2D eigenvalue weighted by molar-refractivity contribution is -0.133. The van der Waals surface area contributed by atoms with E-state index in [-0.39, 0.29) is 24.2 Å². The lowest BCUT2D eigenvalue weighted by Gasteiger charge is -2.28. The number of benzene rings is 1. The number of carbonyl (C=O) groups excluding carboxylic acids is 1. The van der Waals surface area contributed by atoms with Crippen LogP contribution in [0.5, 0.6) is 5.75 Å². The Labute approximate surface area is 139 Å². The van der Waals surface area contributed by atoms with Gasteiger partial charge in [0.15, 0.2) is 5.82 Å². The van der Waals surface area contributed by atoms with E-state index in [4.69, 9.17) is 9.26 Å². The van der Waals surface area contributed by atoms with E-state index in [1.165, 1.54) is 31.7 Å². The molecule has 1 atom stereocenters. The second-order valence-corrected chi connectivity index (χ2v) is 5.87. The monoisotopic (exact) mass is 333 g/mol. The first-order valence-electron chi connectivity index (χ1n) is 8.07. The van der Waals surface area contributed by atoms with Crippen LogP contribution in [-0.4, -0.2) is 34.6 Å². The molecule has 1 aromatic carbocycles. The van der Waals surface area contributed by atoms with E-state index >= 15 is 0 Å². The van der Waals surface area contributed by atoms with Gasteiger partial charge in [-0.1, -0.05) is 18.0 Å². The van der Waals surface area contributed by atoms with Crippen molar-refractivity contribution in [2.75, 3.05) is 13.7 Å². The summed E-state index contributed by atoms with van der Waals surface area (Å²) in [7, 11) is 1.51. The number of methoxy groups -OCH3 is 1. The summed E-state index contributed by atoms with van der Waals surface area (Å²) in [5.74, 6) is 0.562. The van der Waals surface area contributed by atoms with Gasteiger partial charge < -0.3 is 14.2 Å². The van der Waals surface area contributed by atoms with Crippen LogP contribution in [0.15, 0.2) is 29.1 Å². The molecule has 1 amide bonds. The molecule has 0 spiro atoms. The van der Waals surface area contributed by atoms with Gasteiger partial charge in [-0.3, -0.25) is 4.79 Å². The number of hydrogen-bond acceptors (Lipinski definition) is 5. The first-order valence-corrected chi connectivity index (χ1v) is 8.07. The molecule has 1 fully saturated rings. The number of rotatable bonds is 4. The standard InChI is InChI=1S/C17H20FN3O3/c1-23-15-7-6-13(18)9-12(15)10-16(22)21-8-4-2-3-5-14(21)17-19-11-24-20-17/h6-7,9,11,14H,2-5,8,10H2,1H3/t14-/m0/s1. The Morgan fingerprint density at radius 2 is 2.29 bits per heavy atom. The molecule has 2 aromatic rings. The van der Waals surface area contributed by atoms with Gasteiger partial charge in [0.2, 0.25) is 12.3 Å². The van der Waals surface area contributed by atoms with E-state index in [2.05, 4.69) is 10.1 Å². The second kappa shape index (κ2) is 7.42. The van der Waals surface area contributed by atoms with Gasteiger partial charge in [-0.05, 0) is 31.0 Å². The minimum Gasteiger partial charge on any atom is -0.496 e. The van der Waals surface area contributed by atoms with Gasteiger partial charge in [0.05, 0.1) is 19.6 Å². The Hall–Kier alpha value is -2.44. The SMILES string of the molecule is COc1ccc(F)cc1CC(=O)N1CCCCC[C@H]1c1ncon1. The Balaban J connectivity index is 1.82. The highest BCUT2D eigenvalue weighted by Gasteiger charge is 2.30. The third-order valence-corrected chi connectivity index (χ3v) is 4.33. The summed E-state index contributed by atoms with van der Waals surface area (Å²) in [4.78, 5) is 18.8. The van der Waals surface area contributed by atoms with Crippen LogP contribution in [0, 0.1) is 5.82 Å². The minimum absolute atomic E-state index is 0.0787. The van der Waals surface area contributed by atoms with Crippen molar-refractivity contribution in [1.29, 1.82) is 0 Å². The van der Waals surface area contributed by atoms with Crippen LogP contribution in [0.1, 0.15) is 43.1 Å². The zero-order valence-electron chi connectivity index (χ0n) is 13.6. The van der Waals surface area contributed by atoms with Gasteiger partial charge in [-0.25, -0.2) is 4.39 Å². The smallest absolute Gasteiger partial charge is 0.227 e. The number of aromatic nitrogens is 2. The van der Waals surface area contributed by atoms with Crippen LogP contribution >= 0.6 is 0 Å². The van der Waals surface area contributed by atoms with E-state index in [1.807, 2.05) is 0 Å². The lowest BCUT2D eigenvalue weighted by Crippen LogP contribution is -2.36. The molecule has 1 aromatic heterocycles. The molecule has 0 unspecified atom stereocenters. The summed E-state index contributed by atoms with van der Waals surface area (Å²) in [5, 5.41) is 3.90. The van der Waals surface area contributed by atoms with Crippen molar-refractivity contribution < 1.29 is 18.4 Å².